The molecule has 0 spiro atoms. The lowest BCUT2D eigenvalue weighted by atomic mass is 10.2. The van der Waals surface area contributed by atoms with Crippen LogP contribution in [0.3, 0.4) is 0 Å². The Balaban J connectivity index is 1.74. The highest BCUT2D eigenvalue weighted by Crippen LogP contribution is 2.35. The molecular formula is C21H18Cl3NO2. The molecule has 0 heterocycles. The molecule has 0 aliphatic heterocycles. The van der Waals surface area contributed by atoms with Crippen LogP contribution in [0.15, 0.2) is 60.7 Å². The molecule has 3 aromatic rings. The molecule has 3 aromatic carbocycles. The molecule has 3 nitrogen and oxygen atoms in total. The molecule has 0 saturated heterocycles. The molecule has 0 unspecified atom stereocenters. The average Bonchev–Trinajstić information content (AvgIpc) is 2.68. The van der Waals surface area contributed by atoms with Crippen molar-refractivity contribution >= 4 is 40.5 Å². The average molecular weight is 423 g/mol. The van der Waals surface area contributed by atoms with Gasteiger partial charge in [-0.1, -0.05) is 65.1 Å². The van der Waals surface area contributed by atoms with Gasteiger partial charge in [-0.15, -0.1) is 0 Å². The van der Waals surface area contributed by atoms with Crippen molar-refractivity contribution in [3.05, 3.63) is 86.9 Å². The zero-order valence-electron chi connectivity index (χ0n) is 14.6. The van der Waals surface area contributed by atoms with Crippen molar-refractivity contribution in [2.24, 2.45) is 0 Å². The third-order valence-electron chi connectivity index (χ3n) is 3.97. The first-order chi connectivity index (χ1) is 13.1. The fourth-order valence-electron chi connectivity index (χ4n) is 2.54. The van der Waals surface area contributed by atoms with Gasteiger partial charge in [-0.2, -0.15) is 0 Å². The topological polar surface area (TPSA) is 30.5 Å². The minimum Gasteiger partial charge on any atom is -0.493 e. The van der Waals surface area contributed by atoms with E-state index in [4.69, 9.17) is 44.3 Å². The number of methoxy groups -OCH3 is 1. The summed E-state index contributed by atoms with van der Waals surface area (Å²) in [5.41, 5.74) is 2.66. The summed E-state index contributed by atoms with van der Waals surface area (Å²) in [7, 11) is 1.60. The normalized spacial score (nSPS) is 10.5. The van der Waals surface area contributed by atoms with Crippen LogP contribution in [-0.2, 0) is 13.2 Å². The van der Waals surface area contributed by atoms with Crippen molar-refractivity contribution in [2.75, 3.05) is 12.4 Å². The van der Waals surface area contributed by atoms with E-state index in [9.17, 15) is 0 Å². The summed E-state index contributed by atoms with van der Waals surface area (Å²) in [5.74, 6) is 1.21. The Labute approximate surface area is 173 Å². The molecule has 0 atom stereocenters. The van der Waals surface area contributed by atoms with Crippen LogP contribution in [-0.4, -0.2) is 7.11 Å². The molecule has 140 valence electrons. The highest BCUT2D eigenvalue weighted by molar-refractivity contribution is 6.35. The van der Waals surface area contributed by atoms with Crippen LogP contribution in [0.2, 0.25) is 15.1 Å². The Morgan fingerprint density at radius 1 is 0.852 bits per heavy atom. The summed E-state index contributed by atoms with van der Waals surface area (Å²) < 4.78 is 11.3. The van der Waals surface area contributed by atoms with E-state index in [0.29, 0.717) is 39.7 Å². The second kappa shape index (κ2) is 9.23. The molecule has 0 fully saturated rings. The summed E-state index contributed by atoms with van der Waals surface area (Å²) >= 11 is 18.7. The number of hydrogen-bond acceptors (Lipinski definition) is 3. The van der Waals surface area contributed by atoms with E-state index in [1.165, 1.54) is 0 Å². The number of nitrogens with one attached hydrogen (secondary N) is 1. The minimum atomic E-state index is 0.434. The van der Waals surface area contributed by atoms with Crippen LogP contribution in [0.5, 0.6) is 11.5 Å². The number of halogens is 3. The van der Waals surface area contributed by atoms with Crippen LogP contribution in [0.4, 0.5) is 5.69 Å². The van der Waals surface area contributed by atoms with Gasteiger partial charge in [0.05, 0.1) is 17.8 Å². The summed E-state index contributed by atoms with van der Waals surface area (Å²) in [5, 5.41) is 5.01. The number of hydrogen-bond donors (Lipinski definition) is 1. The minimum absolute atomic E-state index is 0.434. The summed E-state index contributed by atoms with van der Waals surface area (Å²) in [4.78, 5) is 0. The predicted molar refractivity (Wildman–Crippen MR) is 113 cm³/mol. The first-order valence-electron chi connectivity index (χ1n) is 8.29. The zero-order chi connectivity index (χ0) is 19.2. The number of ether oxygens (including phenoxy) is 2. The molecule has 0 bridgehead atoms. The van der Waals surface area contributed by atoms with Gasteiger partial charge in [-0.3, -0.25) is 0 Å². The number of rotatable bonds is 7. The molecule has 27 heavy (non-hydrogen) atoms. The van der Waals surface area contributed by atoms with Gasteiger partial charge in [0.25, 0.3) is 0 Å². The summed E-state index contributed by atoms with van der Waals surface area (Å²) in [6.07, 6.45) is 0. The van der Waals surface area contributed by atoms with Crippen LogP contribution in [0.25, 0.3) is 0 Å². The molecule has 1 N–H and O–H groups in total. The maximum atomic E-state index is 6.44. The van der Waals surface area contributed by atoms with Crippen LogP contribution in [0, 0.1) is 0 Å². The number of anilines is 1. The maximum absolute atomic E-state index is 6.44. The van der Waals surface area contributed by atoms with Crippen molar-refractivity contribution in [3.8, 4) is 11.5 Å². The fraction of sp³-hybridized carbons (Fsp3) is 0.143. The quantitative estimate of drug-likeness (QED) is 0.452. The number of benzene rings is 3. The summed E-state index contributed by atoms with van der Waals surface area (Å²) in [6, 6.07) is 18.8. The molecule has 0 aliphatic carbocycles. The van der Waals surface area contributed by atoms with Crippen LogP contribution < -0.4 is 14.8 Å². The Kier molecular flexibility index (Phi) is 6.73. The molecule has 0 radical (unpaired) electrons. The second-order valence-corrected chi connectivity index (χ2v) is 7.10. The molecule has 0 amide bonds. The summed E-state index contributed by atoms with van der Waals surface area (Å²) in [6.45, 7) is 0.900. The van der Waals surface area contributed by atoms with E-state index in [2.05, 4.69) is 5.32 Å². The molecular weight excluding hydrogens is 405 g/mol. The van der Waals surface area contributed by atoms with Gasteiger partial charge >= 0.3 is 0 Å². The van der Waals surface area contributed by atoms with Gasteiger partial charge in [0.1, 0.15) is 6.61 Å². The first kappa shape index (κ1) is 19.7. The second-order valence-electron chi connectivity index (χ2n) is 5.85. The van der Waals surface area contributed by atoms with E-state index in [1.807, 2.05) is 36.4 Å². The maximum Gasteiger partial charge on any atom is 0.163 e. The third kappa shape index (κ3) is 5.23. The van der Waals surface area contributed by atoms with Gasteiger partial charge in [0, 0.05) is 22.7 Å². The fourth-order valence-corrected chi connectivity index (χ4v) is 3.12. The third-order valence-corrected chi connectivity index (χ3v) is 4.88. The molecule has 0 aromatic heterocycles. The Bertz CT molecular complexity index is 917. The lowest BCUT2D eigenvalue weighted by molar-refractivity contribution is 0.284. The Morgan fingerprint density at radius 2 is 1.63 bits per heavy atom. The Hall–Kier alpha value is -2.07. The van der Waals surface area contributed by atoms with Crippen molar-refractivity contribution in [1.29, 1.82) is 0 Å². The molecule has 6 heteroatoms. The molecule has 3 rings (SSSR count). The van der Waals surface area contributed by atoms with E-state index in [-0.39, 0.29) is 0 Å². The van der Waals surface area contributed by atoms with Gasteiger partial charge < -0.3 is 14.8 Å². The van der Waals surface area contributed by atoms with Crippen molar-refractivity contribution in [3.63, 3.8) is 0 Å². The molecule has 0 saturated carbocycles. The standard InChI is InChI=1S/C21H18Cl3NO2/c1-26-20-9-15(12-25-19-10-16(22)7-8-17(19)23)18(24)11-21(20)27-13-14-5-3-2-4-6-14/h2-11,25H,12-13H2,1H3. The van der Waals surface area contributed by atoms with Gasteiger partial charge in [0.15, 0.2) is 11.5 Å². The van der Waals surface area contributed by atoms with Gasteiger partial charge in [-0.05, 0) is 35.4 Å². The zero-order valence-corrected chi connectivity index (χ0v) is 16.9. The predicted octanol–water partition coefficient (Wildman–Crippen LogP) is 6.85. The van der Waals surface area contributed by atoms with Crippen molar-refractivity contribution < 1.29 is 9.47 Å². The highest BCUT2D eigenvalue weighted by Gasteiger charge is 2.12. The van der Waals surface area contributed by atoms with Crippen molar-refractivity contribution in [1.82, 2.24) is 0 Å². The lowest BCUT2D eigenvalue weighted by Crippen LogP contribution is -2.03. The van der Waals surface area contributed by atoms with E-state index >= 15 is 0 Å². The van der Waals surface area contributed by atoms with Gasteiger partial charge in [0.2, 0.25) is 0 Å². The van der Waals surface area contributed by atoms with E-state index in [0.717, 1.165) is 16.8 Å². The van der Waals surface area contributed by atoms with Gasteiger partial charge in [-0.25, -0.2) is 0 Å². The Morgan fingerprint density at radius 3 is 2.37 bits per heavy atom. The van der Waals surface area contributed by atoms with Crippen LogP contribution in [0.1, 0.15) is 11.1 Å². The smallest absolute Gasteiger partial charge is 0.163 e. The van der Waals surface area contributed by atoms with Crippen molar-refractivity contribution in [2.45, 2.75) is 13.2 Å². The highest BCUT2D eigenvalue weighted by atomic mass is 35.5. The monoisotopic (exact) mass is 421 g/mol. The van der Waals surface area contributed by atoms with E-state index in [1.54, 1.807) is 31.4 Å². The van der Waals surface area contributed by atoms with E-state index < -0.39 is 0 Å². The molecule has 0 aliphatic rings. The largest absolute Gasteiger partial charge is 0.493 e. The SMILES string of the molecule is COc1cc(CNc2cc(Cl)ccc2Cl)c(Cl)cc1OCc1ccccc1. The van der Waals surface area contributed by atoms with Crippen LogP contribution >= 0.6 is 34.8 Å². The lowest BCUT2D eigenvalue weighted by Gasteiger charge is -2.15. The first-order valence-corrected chi connectivity index (χ1v) is 9.42.